The van der Waals surface area contributed by atoms with Crippen LogP contribution in [0.1, 0.15) is 22.6 Å². The number of nitrogen functional groups attached to an aromatic ring is 1. The maximum Gasteiger partial charge on any atom is 0.316 e. The minimum absolute atomic E-state index is 0.0791. The molecule has 0 aliphatic heterocycles. The predicted octanol–water partition coefficient (Wildman–Crippen LogP) is 2.78. The molecule has 2 N–H and O–H groups in total. The minimum atomic E-state index is -0.383. The molecular weight excluding hydrogens is 352 g/mol. The number of anilines is 1. The number of nitrogens with zero attached hydrogens (tertiary/aromatic N) is 3. The third-order valence-corrected chi connectivity index (χ3v) is 4.33. The number of ether oxygens (including phenoxy) is 1. The van der Waals surface area contributed by atoms with Crippen molar-refractivity contribution in [2.45, 2.75) is 25.1 Å². The van der Waals surface area contributed by atoms with Gasteiger partial charge in [-0.2, -0.15) is 0 Å². The van der Waals surface area contributed by atoms with E-state index in [1.807, 2.05) is 30.3 Å². The van der Waals surface area contributed by atoms with Crippen LogP contribution < -0.4 is 5.73 Å². The highest BCUT2D eigenvalue weighted by Crippen LogP contribution is 2.19. The number of hydrogen-bond donors (Lipinski definition) is 1. The lowest BCUT2D eigenvalue weighted by Crippen LogP contribution is -2.08. The fraction of sp³-hybridized carbons (Fsp3) is 0.222. The number of nitrogens with two attached hydrogens (primary N) is 1. The van der Waals surface area contributed by atoms with Crippen molar-refractivity contribution in [1.82, 2.24) is 15.1 Å². The van der Waals surface area contributed by atoms with Gasteiger partial charge in [-0.15, -0.1) is 0 Å². The van der Waals surface area contributed by atoms with Crippen LogP contribution in [0.4, 0.5) is 5.82 Å². The van der Waals surface area contributed by atoms with Gasteiger partial charge in [0, 0.05) is 24.2 Å². The zero-order chi connectivity index (χ0) is 18.4. The minimum Gasteiger partial charge on any atom is -0.458 e. The second-order valence-corrected chi connectivity index (χ2v) is 6.55. The van der Waals surface area contributed by atoms with Crippen molar-refractivity contribution in [1.29, 1.82) is 0 Å². The largest absolute Gasteiger partial charge is 0.458 e. The maximum absolute atomic E-state index is 11.8. The first-order valence-electron chi connectivity index (χ1n) is 7.96. The van der Waals surface area contributed by atoms with Crippen LogP contribution in [0.25, 0.3) is 0 Å². The summed E-state index contributed by atoms with van der Waals surface area (Å²) in [6, 6.07) is 11.7. The van der Waals surface area contributed by atoms with E-state index >= 15 is 0 Å². The van der Waals surface area contributed by atoms with E-state index in [0.717, 1.165) is 11.1 Å². The van der Waals surface area contributed by atoms with Crippen molar-refractivity contribution in [3.05, 3.63) is 65.2 Å². The SMILES string of the molecule is Cc1cc(COC(=O)CSc2ncc(Cc3ccccc3)c(N)n2)no1. The second-order valence-electron chi connectivity index (χ2n) is 5.60. The molecule has 0 saturated heterocycles. The quantitative estimate of drug-likeness (QED) is 0.385. The summed E-state index contributed by atoms with van der Waals surface area (Å²) in [7, 11) is 0. The first-order chi connectivity index (χ1) is 12.6. The van der Waals surface area contributed by atoms with Gasteiger partial charge in [-0.1, -0.05) is 47.3 Å². The molecule has 134 valence electrons. The lowest BCUT2D eigenvalue weighted by Gasteiger charge is -2.07. The molecular formula is C18H18N4O3S. The predicted molar refractivity (Wildman–Crippen MR) is 97.5 cm³/mol. The van der Waals surface area contributed by atoms with E-state index in [4.69, 9.17) is 15.0 Å². The third kappa shape index (κ3) is 5.06. The van der Waals surface area contributed by atoms with E-state index < -0.39 is 0 Å². The summed E-state index contributed by atoms with van der Waals surface area (Å²) in [5.74, 6) is 0.794. The number of aryl methyl sites for hydroxylation is 1. The van der Waals surface area contributed by atoms with E-state index in [2.05, 4.69) is 15.1 Å². The van der Waals surface area contributed by atoms with Gasteiger partial charge in [-0.3, -0.25) is 4.79 Å². The molecule has 0 aliphatic carbocycles. The van der Waals surface area contributed by atoms with Crippen molar-refractivity contribution in [2.75, 3.05) is 11.5 Å². The Labute approximate surface area is 155 Å². The van der Waals surface area contributed by atoms with Crippen molar-refractivity contribution in [3.63, 3.8) is 0 Å². The first-order valence-corrected chi connectivity index (χ1v) is 8.94. The number of thioether (sulfide) groups is 1. The normalized spacial score (nSPS) is 10.7. The Morgan fingerprint density at radius 3 is 2.81 bits per heavy atom. The smallest absolute Gasteiger partial charge is 0.316 e. The van der Waals surface area contributed by atoms with Gasteiger partial charge < -0.3 is 15.0 Å². The summed E-state index contributed by atoms with van der Waals surface area (Å²) in [5, 5.41) is 4.20. The van der Waals surface area contributed by atoms with Gasteiger partial charge in [0.1, 0.15) is 23.9 Å². The highest BCUT2D eigenvalue weighted by molar-refractivity contribution is 7.99. The molecule has 0 aliphatic rings. The molecule has 0 spiro atoms. The number of rotatable bonds is 7. The van der Waals surface area contributed by atoms with Gasteiger partial charge in [0.15, 0.2) is 5.16 Å². The van der Waals surface area contributed by atoms with Crippen molar-refractivity contribution in [2.24, 2.45) is 0 Å². The molecule has 0 fully saturated rings. The van der Waals surface area contributed by atoms with Crippen molar-refractivity contribution in [3.8, 4) is 0 Å². The standard InChI is InChI=1S/C18H18N4O3S/c1-12-7-15(22-25-12)10-24-16(23)11-26-18-20-9-14(17(19)21-18)8-13-5-3-2-4-6-13/h2-7,9H,8,10-11H2,1H3,(H2,19,20,21). The third-order valence-electron chi connectivity index (χ3n) is 3.49. The summed E-state index contributed by atoms with van der Waals surface area (Å²) in [6.07, 6.45) is 2.36. The number of aromatic nitrogens is 3. The van der Waals surface area contributed by atoms with E-state index in [1.54, 1.807) is 19.2 Å². The van der Waals surface area contributed by atoms with E-state index in [1.165, 1.54) is 11.8 Å². The summed E-state index contributed by atoms with van der Waals surface area (Å²) in [5.41, 5.74) is 8.57. The topological polar surface area (TPSA) is 104 Å². The average molecular weight is 370 g/mol. The van der Waals surface area contributed by atoms with Crippen LogP contribution in [0.3, 0.4) is 0 Å². The molecule has 3 rings (SSSR count). The van der Waals surface area contributed by atoms with Crippen LogP contribution in [0.5, 0.6) is 0 Å². The van der Waals surface area contributed by atoms with Crippen LogP contribution in [-0.4, -0.2) is 26.8 Å². The molecule has 2 heterocycles. The van der Waals surface area contributed by atoms with Crippen LogP contribution in [0, 0.1) is 6.92 Å². The maximum atomic E-state index is 11.8. The fourth-order valence-corrected chi connectivity index (χ4v) is 2.85. The zero-order valence-electron chi connectivity index (χ0n) is 14.2. The summed E-state index contributed by atoms with van der Waals surface area (Å²) in [6.45, 7) is 1.85. The summed E-state index contributed by atoms with van der Waals surface area (Å²) in [4.78, 5) is 20.3. The molecule has 0 atom stereocenters. The molecule has 8 heteroatoms. The number of hydrogen-bond acceptors (Lipinski definition) is 8. The Kier molecular flexibility index (Phi) is 5.85. The van der Waals surface area contributed by atoms with Crippen LogP contribution in [0.15, 0.2) is 52.3 Å². The Hall–Kier alpha value is -2.87. The highest BCUT2D eigenvalue weighted by atomic mass is 32.2. The number of carbonyl (C=O) groups is 1. The van der Waals surface area contributed by atoms with E-state index in [-0.39, 0.29) is 18.3 Å². The molecule has 0 saturated carbocycles. The Morgan fingerprint density at radius 1 is 1.31 bits per heavy atom. The van der Waals surface area contributed by atoms with Crippen LogP contribution >= 0.6 is 11.8 Å². The fourth-order valence-electron chi connectivity index (χ4n) is 2.23. The summed E-state index contributed by atoms with van der Waals surface area (Å²) < 4.78 is 10.0. The van der Waals surface area contributed by atoms with Crippen LogP contribution in [0.2, 0.25) is 0 Å². The monoisotopic (exact) mass is 370 g/mol. The highest BCUT2D eigenvalue weighted by Gasteiger charge is 2.10. The number of benzene rings is 1. The second kappa shape index (κ2) is 8.48. The number of carbonyl (C=O) groups excluding carboxylic acids is 1. The van der Waals surface area contributed by atoms with Gasteiger partial charge in [0.2, 0.25) is 0 Å². The van der Waals surface area contributed by atoms with Gasteiger partial charge in [-0.05, 0) is 12.5 Å². The van der Waals surface area contributed by atoms with Gasteiger partial charge in [0.05, 0.1) is 5.75 Å². The van der Waals surface area contributed by atoms with Crippen LogP contribution in [-0.2, 0) is 22.6 Å². The lowest BCUT2D eigenvalue weighted by atomic mass is 10.1. The molecule has 0 bridgehead atoms. The van der Waals surface area contributed by atoms with Gasteiger partial charge in [0.25, 0.3) is 0 Å². The lowest BCUT2D eigenvalue weighted by molar-refractivity contribution is -0.141. The van der Waals surface area contributed by atoms with Gasteiger partial charge in [-0.25, -0.2) is 9.97 Å². The Morgan fingerprint density at radius 2 is 2.12 bits per heavy atom. The average Bonchev–Trinajstić information content (AvgIpc) is 3.06. The van der Waals surface area contributed by atoms with Crippen molar-refractivity contribution < 1.29 is 14.1 Å². The number of esters is 1. The molecule has 3 aromatic rings. The van der Waals surface area contributed by atoms with E-state index in [9.17, 15) is 4.79 Å². The molecule has 0 unspecified atom stereocenters. The molecule has 0 radical (unpaired) electrons. The Bertz CT molecular complexity index is 883. The molecule has 0 amide bonds. The van der Waals surface area contributed by atoms with Gasteiger partial charge >= 0.3 is 5.97 Å². The molecule has 7 nitrogen and oxygen atoms in total. The van der Waals surface area contributed by atoms with E-state index in [0.29, 0.717) is 28.8 Å². The molecule has 26 heavy (non-hydrogen) atoms. The molecule has 2 aromatic heterocycles. The molecule has 1 aromatic carbocycles. The first kappa shape index (κ1) is 17.9. The zero-order valence-corrected chi connectivity index (χ0v) is 15.0. The summed E-state index contributed by atoms with van der Waals surface area (Å²) >= 11 is 1.18. The van der Waals surface area contributed by atoms with Crippen molar-refractivity contribution >= 4 is 23.5 Å². The Balaban J connectivity index is 1.50.